The van der Waals surface area contributed by atoms with Crippen molar-refractivity contribution >= 4 is 22.6 Å². The average molecular weight is 710 g/mol. The van der Waals surface area contributed by atoms with Crippen LogP contribution in [0.25, 0.3) is 45.3 Å². The molecule has 0 radical (unpaired) electrons. The molecule has 7 nitrogen and oxygen atoms in total. The van der Waals surface area contributed by atoms with E-state index in [0.717, 1.165) is 33.7 Å². The van der Waals surface area contributed by atoms with E-state index in [4.69, 9.17) is 0 Å². The number of nitrogens with zero attached hydrogens (tertiary/aromatic N) is 7. The summed E-state index contributed by atoms with van der Waals surface area (Å²) in [5.41, 5.74) is 9.69. The highest BCUT2D eigenvalue weighted by atomic mass is 19.1. The Morgan fingerprint density at radius 1 is 0.519 bits per heavy atom. The molecule has 9 heteroatoms. The zero-order valence-electron chi connectivity index (χ0n) is 29.7. The number of benzene rings is 3. The van der Waals surface area contributed by atoms with E-state index >= 15 is 8.78 Å². The normalized spacial score (nSPS) is 15.2. The van der Waals surface area contributed by atoms with Gasteiger partial charge in [-0.1, -0.05) is 67.8 Å². The summed E-state index contributed by atoms with van der Waals surface area (Å²) in [6.45, 7) is 13.5. The number of pyridine rings is 2. The van der Waals surface area contributed by atoms with Gasteiger partial charge < -0.3 is 0 Å². The van der Waals surface area contributed by atoms with Crippen molar-refractivity contribution in [3.05, 3.63) is 185 Å². The van der Waals surface area contributed by atoms with Gasteiger partial charge in [0.25, 0.3) is 0 Å². The second-order valence-corrected chi connectivity index (χ2v) is 12.7. The van der Waals surface area contributed by atoms with E-state index in [-0.39, 0.29) is 28.6 Å². The molecule has 3 heterocycles. The molecule has 0 aliphatic heterocycles. The first kappa shape index (κ1) is 34.2. The second-order valence-electron chi connectivity index (χ2n) is 12.7. The smallest absolute Gasteiger partial charge is 0.167 e. The minimum Gasteiger partial charge on any atom is -0.283 e. The van der Waals surface area contributed by atoms with Crippen molar-refractivity contribution in [1.82, 2.24) is 24.9 Å². The Morgan fingerprint density at radius 3 is 1.43 bits per heavy atom. The lowest BCUT2D eigenvalue weighted by Crippen LogP contribution is -2.15. The van der Waals surface area contributed by atoms with Gasteiger partial charge in [-0.15, -0.1) is 0 Å². The molecule has 0 amide bonds. The molecule has 0 bridgehead atoms. The number of halogens is 2. The van der Waals surface area contributed by atoms with Gasteiger partial charge >= 0.3 is 0 Å². The number of aliphatic imine (C=N–C) groups is 2. The van der Waals surface area contributed by atoms with Crippen molar-refractivity contribution < 1.29 is 8.78 Å². The van der Waals surface area contributed by atoms with Crippen LogP contribution in [0.3, 0.4) is 0 Å². The van der Waals surface area contributed by atoms with Crippen LogP contribution < -0.4 is 0 Å². The third kappa shape index (κ3) is 6.19. The third-order valence-electron chi connectivity index (χ3n) is 9.23. The van der Waals surface area contributed by atoms with Crippen molar-refractivity contribution in [3.63, 3.8) is 0 Å². The van der Waals surface area contributed by atoms with Gasteiger partial charge in [0.05, 0.1) is 33.9 Å². The summed E-state index contributed by atoms with van der Waals surface area (Å²) >= 11 is 0. The quantitative estimate of drug-likeness (QED) is 0.165. The number of hydrogen-bond acceptors (Lipinski definition) is 7. The molecule has 6 aromatic rings. The molecule has 0 saturated carbocycles. The van der Waals surface area contributed by atoms with Gasteiger partial charge in [-0.25, -0.2) is 23.7 Å². The van der Waals surface area contributed by atoms with Gasteiger partial charge in [-0.2, -0.15) is 0 Å². The van der Waals surface area contributed by atoms with Crippen molar-refractivity contribution in [3.8, 4) is 34.2 Å². The lowest BCUT2D eigenvalue weighted by atomic mass is 9.86. The summed E-state index contributed by atoms with van der Waals surface area (Å²) in [6.07, 6.45) is 7.23. The number of allylic oxidation sites excluding steroid dienone is 4. The third-order valence-corrected chi connectivity index (χ3v) is 9.23. The molecule has 3 aromatic heterocycles. The molecule has 0 N–H and O–H groups in total. The summed E-state index contributed by atoms with van der Waals surface area (Å²) in [4.78, 5) is 32.4. The molecule has 0 unspecified atom stereocenters. The summed E-state index contributed by atoms with van der Waals surface area (Å²) in [6, 6.07) is 26.6. The van der Waals surface area contributed by atoms with Gasteiger partial charge in [0.15, 0.2) is 17.5 Å². The van der Waals surface area contributed by atoms with Crippen LogP contribution in [0.4, 0.5) is 8.78 Å². The predicted molar refractivity (Wildman–Crippen MR) is 211 cm³/mol. The maximum Gasteiger partial charge on any atom is 0.167 e. The number of fused-ring (bicyclic) bond motifs is 2. The Labute approximate surface area is 311 Å². The van der Waals surface area contributed by atoms with Crippen molar-refractivity contribution in [2.45, 2.75) is 13.8 Å². The van der Waals surface area contributed by atoms with Crippen LogP contribution in [0.1, 0.15) is 47.5 Å². The first-order valence-electron chi connectivity index (χ1n) is 17.6. The van der Waals surface area contributed by atoms with E-state index < -0.39 is 11.6 Å². The zero-order chi connectivity index (χ0) is 37.3. The van der Waals surface area contributed by atoms with Gasteiger partial charge in [0.2, 0.25) is 0 Å². The Morgan fingerprint density at radius 2 is 0.981 bits per heavy atom. The van der Waals surface area contributed by atoms with E-state index in [2.05, 4.69) is 48.1 Å². The molecule has 2 aliphatic carbocycles. The molecular weight excluding hydrogens is 677 g/mol. The van der Waals surface area contributed by atoms with Crippen LogP contribution in [-0.2, 0) is 0 Å². The van der Waals surface area contributed by atoms with Gasteiger partial charge in [0, 0.05) is 42.2 Å². The standard InChI is InChI=1S/C45H33F2N7/c1-5-48-39-26(3)22-35(31-14-10-20-50-41(31)39)29-16-18-33(37(46)24-29)44-52-43(28-12-8-7-9-13-28)53-45(54-44)34-19-17-30(25-38(34)47)36-23-27(4)40(49-6-2)42-32(36)15-11-21-51-42/h7-25H,3-6H2,1-2H3/b48-39+,49-40+. The monoisotopic (exact) mass is 709 g/mol. The maximum atomic E-state index is 16.3. The molecule has 8 rings (SSSR count). The molecular formula is C45H33F2N7. The van der Waals surface area contributed by atoms with Crippen LogP contribution >= 0.6 is 0 Å². The first-order valence-corrected chi connectivity index (χ1v) is 17.6. The van der Waals surface area contributed by atoms with Crippen LogP contribution in [0, 0.1) is 11.6 Å². The van der Waals surface area contributed by atoms with E-state index in [0.29, 0.717) is 52.3 Å². The van der Waals surface area contributed by atoms with E-state index in [9.17, 15) is 0 Å². The topological polar surface area (TPSA) is 89.2 Å². The predicted octanol–water partition coefficient (Wildman–Crippen LogP) is 9.56. The van der Waals surface area contributed by atoms with Gasteiger partial charge in [0.1, 0.15) is 11.6 Å². The first-order chi connectivity index (χ1) is 26.3. The maximum absolute atomic E-state index is 16.3. The number of hydrogen-bond donors (Lipinski definition) is 0. The van der Waals surface area contributed by atoms with Crippen LogP contribution in [0.5, 0.6) is 0 Å². The van der Waals surface area contributed by atoms with Crippen molar-refractivity contribution in [1.29, 1.82) is 0 Å². The molecule has 262 valence electrons. The average Bonchev–Trinajstić information content (AvgIpc) is 3.20. The SMILES string of the molecule is C=C1C=C(c2ccc(-c3nc(-c4ccccc4)nc(-c4ccc(C5=CC(=C)/C(=N\CC)c6ncccc65)cc4F)n3)c(F)c2)c2cccnc2/C1=N/CC. The number of aromatic nitrogens is 5. The molecule has 0 spiro atoms. The van der Waals surface area contributed by atoms with E-state index in [1.807, 2.05) is 92.7 Å². The number of rotatable bonds is 7. The molecule has 3 aromatic carbocycles. The zero-order valence-corrected chi connectivity index (χ0v) is 29.7. The van der Waals surface area contributed by atoms with Crippen molar-refractivity contribution in [2.75, 3.05) is 13.1 Å². The van der Waals surface area contributed by atoms with E-state index in [1.165, 1.54) is 12.1 Å². The summed E-state index contributed by atoms with van der Waals surface area (Å²) in [5, 5.41) is 0. The highest BCUT2D eigenvalue weighted by Crippen LogP contribution is 2.37. The fourth-order valence-corrected chi connectivity index (χ4v) is 6.78. The highest BCUT2D eigenvalue weighted by molar-refractivity contribution is 6.20. The van der Waals surface area contributed by atoms with E-state index in [1.54, 1.807) is 24.5 Å². The summed E-state index contributed by atoms with van der Waals surface area (Å²) < 4.78 is 32.6. The van der Waals surface area contributed by atoms with Gasteiger partial charge in [-0.05, 0) is 95.8 Å². The Bertz CT molecular complexity index is 2480. The minimum atomic E-state index is -0.549. The van der Waals surface area contributed by atoms with Gasteiger partial charge in [-0.3, -0.25) is 20.0 Å². The lowest BCUT2D eigenvalue weighted by molar-refractivity contribution is 0.628. The molecule has 0 atom stereocenters. The van der Waals surface area contributed by atoms with Crippen LogP contribution in [-0.4, -0.2) is 49.4 Å². The molecule has 0 fully saturated rings. The molecule has 2 aliphatic rings. The largest absolute Gasteiger partial charge is 0.283 e. The minimum absolute atomic E-state index is 0.0712. The Kier molecular flexibility index (Phi) is 9.05. The Balaban J connectivity index is 1.21. The Hall–Kier alpha value is -6.87. The van der Waals surface area contributed by atoms with Crippen molar-refractivity contribution in [2.24, 2.45) is 9.98 Å². The lowest BCUT2D eigenvalue weighted by Gasteiger charge is -2.21. The molecule has 54 heavy (non-hydrogen) atoms. The highest BCUT2D eigenvalue weighted by Gasteiger charge is 2.26. The van der Waals surface area contributed by atoms with Crippen LogP contribution in [0.2, 0.25) is 0 Å². The second kappa shape index (κ2) is 14.3. The summed E-state index contributed by atoms with van der Waals surface area (Å²) in [7, 11) is 0. The summed E-state index contributed by atoms with van der Waals surface area (Å²) in [5.74, 6) is -0.672. The van der Waals surface area contributed by atoms with Crippen LogP contribution in [0.15, 0.2) is 150 Å². The fraction of sp³-hybridized carbons (Fsp3) is 0.0889. The fourth-order valence-electron chi connectivity index (χ4n) is 6.78. The molecule has 0 saturated heterocycles.